The monoisotopic (exact) mass is 348 g/mol. The van der Waals surface area contributed by atoms with Crippen molar-refractivity contribution in [3.8, 4) is 11.8 Å². The number of carbonyl (C=O) groups is 1. The van der Waals surface area contributed by atoms with Crippen molar-refractivity contribution in [3.63, 3.8) is 0 Å². The summed E-state index contributed by atoms with van der Waals surface area (Å²) in [4.78, 5) is 15.2. The Morgan fingerprint density at radius 1 is 1.23 bits per heavy atom. The van der Waals surface area contributed by atoms with Crippen molar-refractivity contribution in [2.24, 2.45) is 0 Å². The van der Waals surface area contributed by atoms with E-state index < -0.39 is 0 Å². The van der Waals surface area contributed by atoms with Crippen molar-refractivity contribution in [2.75, 3.05) is 13.7 Å². The molecule has 0 saturated heterocycles. The zero-order valence-electron chi connectivity index (χ0n) is 14.5. The number of rotatable bonds is 6. The van der Waals surface area contributed by atoms with Crippen LogP contribution in [0, 0.1) is 11.3 Å². The topological polar surface area (TPSA) is 89.9 Å². The lowest BCUT2D eigenvalue weighted by atomic mass is 10.1. The van der Waals surface area contributed by atoms with Crippen molar-refractivity contribution in [1.29, 1.82) is 5.26 Å². The molecule has 0 unspecified atom stereocenters. The van der Waals surface area contributed by atoms with Crippen LogP contribution in [0.5, 0.6) is 5.75 Å². The van der Waals surface area contributed by atoms with Crippen molar-refractivity contribution in [1.82, 2.24) is 15.6 Å². The number of carbonyl (C=O) groups excluding carboxylic acids is 1. The van der Waals surface area contributed by atoms with Crippen molar-refractivity contribution in [3.05, 3.63) is 65.4 Å². The maximum absolute atomic E-state index is 11.9. The molecule has 0 spiro atoms. The van der Waals surface area contributed by atoms with Gasteiger partial charge < -0.3 is 20.4 Å². The van der Waals surface area contributed by atoms with Gasteiger partial charge in [0.1, 0.15) is 5.75 Å². The molecule has 0 aliphatic carbocycles. The molecule has 26 heavy (non-hydrogen) atoms. The second kappa shape index (κ2) is 8.08. The summed E-state index contributed by atoms with van der Waals surface area (Å²) < 4.78 is 5.27. The first kappa shape index (κ1) is 17.4. The van der Waals surface area contributed by atoms with E-state index in [0.29, 0.717) is 25.1 Å². The smallest absolute Gasteiger partial charge is 0.315 e. The first-order valence-corrected chi connectivity index (χ1v) is 8.34. The summed E-state index contributed by atoms with van der Waals surface area (Å²) in [7, 11) is 1.64. The SMILES string of the molecule is COc1ccc2[nH]cc(CCNC(=O)NCc3cccc(C#N)c3)c2c1. The number of aromatic amines is 1. The lowest BCUT2D eigenvalue weighted by Crippen LogP contribution is -2.36. The van der Waals surface area contributed by atoms with E-state index in [1.54, 1.807) is 25.3 Å². The van der Waals surface area contributed by atoms with Gasteiger partial charge in [0.15, 0.2) is 0 Å². The molecule has 1 aromatic heterocycles. The number of nitrogens with one attached hydrogen (secondary N) is 3. The number of methoxy groups -OCH3 is 1. The van der Waals surface area contributed by atoms with Gasteiger partial charge in [-0.3, -0.25) is 0 Å². The highest BCUT2D eigenvalue weighted by Gasteiger charge is 2.06. The Kier molecular flexibility index (Phi) is 5.40. The maximum Gasteiger partial charge on any atom is 0.315 e. The number of H-pyrrole nitrogens is 1. The summed E-state index contributed by atoms with van der Waals surface area (Å²) in [6, 6.07) is 14.9. The fraction of sp³-hybridized carbons (Fsp3) is 0.200. The lowest BCUT2D eigenvalue weighted by Gasteiger charge is -2.08. The summed E-state index contributed by atoms with van der Waals surface area (Å²) in [6.45, 7) is 0.903. The molecule has 0 atom stereocenters. The Bertz CT molecular complexity index is 956. The minimum absolute atomic E-state index is 0.232. The van der Waals surface area contributed by atoms with E-state index in [9.17, 15) is 4.79 Å². The summed E-state index contributed by atoms with van der Waals surface area (Å²) in [6.07, 6.45) is 2.67. The molecule has 1 heterocycles. The molecule has 0 saturated carbocycles. The van der Waals surface area contributed by atoms with Crippen LogP contribution in [0.2, 0.25) is 0 Å². The largest absolute Gasteiger partial charge is 0.497 e. The average Bonchev–Trinajstić information content (AvgIpc) is 3.08. The summed E-state index contributed by atoms with van der Waals surface area (Å²) >= 11 is 0. The van der Waals surface area contributed by atoms with Crippen LogP contribution in [0.3, 0.4) is 0 Å². The molecule has 132 valence electrons. The average molecular weight is 348 g/mol. The molecule has 0 aliphatic heterocycles. The van der Waals surface area contributed by atoms with E-state index in [-0.39, 0.29) is 6.03 Å². The number of benzene rings is 2. The van der Waals surface area contributed by atoms with Crippen molar-refractivity contribution >= 4 is 16.9 Å². The highest BCUT2D eigenvalue weighted by atomic mass is 16.5. The first-order chi connectivity index (χ1) is 12.7. The van der Waals surface area contributed by atoms with E-state index in [2.05, 4.69) is 21.7 Å². The Labute approximate surface area is 151 Å². The van der Waals surface area contributed by atoms with E-state index in [1.807, 2.05) is 30.5 Å². The molecule has 0 fully saturated rings. The van der Waals surface area contributed by atoms with Crippen LogP contribution < -0.4 is 15.4 Å². The zero-order valence-corrected chi connectivity index (χ0v) is 14.5. The molecule has 3 aromatic rings. The van der Waals surface area contributed by atoms with Gasteiger partial charge in [0.05, 0.1) is 18.7 Å². The maximum atomic E-state index is 11.9. The van der Waals surface area contributed by atoms with Gasteiger partial charge in [0, 0.05) is 30.2 Å². The summed E-state index contributed by atoms with van der Waals surface area (Å²) in [5, 5.41) is 15.6. The van der Waals surface area contributed by atoms with E-state index >= 15 is 0 Å². The molecule has 2 aromatic carbocycles. The van der Waals surface area contributed by atoms with Crippen LogP contribution in [0.1, 0.15) is 16.7 Å². The van der Waals surface area contributed by atoms with E-state index in [1.165, 1.54) is 0 Å². The molecule has 0 radical (unpaired) electrons. The van der Waals surface area contributed by atoms with Crippen LogP contribution in [0.15, 0.2) is 48.7 Å². The summed E-state index contributed by atoms with van der Waals surface area (Å²) in [5.74, 6) is 0.809. The van der Waals surface area contributed by atoms with E-state index in [0.717, 1.165) is 27.8 Å². The van der Waals surface area contributed by atoms with Crippen LogP contribution in [-0.2, 0) is 13.0 Å². The number of ether oxygens (including phenoxy) is 1. The third-order valence-electron chi connectivity index (χ3n) is 4.16. The molecular formula is C20H20N4O2. The van der Waals surface area contributed by atoms with Crippen LogP contribution in [0.4, 0.5) is 4.79 Å². The Hall–Kier alpha value is -3.46. The van der Waals surface area contributed by atoms with Gasteiger partial charge >= 0.3 is 6.03 Å². The molecule has 3 N–H and O–H groups in total. The number of urea groups is 1. The number of hydrogen-bond donors (Lipinski definition) is 3. The quantitative estimate of drug-likeness (QED) is 0.639. The normalized spacial score (nSPS) is 10.3. The number of nitriles is 1. The Morgan fingerprint density at radius 2 is 2.12 bits per heavy atom. The Balaban J connectivity index is 1.50. The molecule has 0 aliphatic rings. The number of aromatic nitrogens is 1. The third kappa shape index (κ3) is 4.14. The highest BCUT2D eigenvalue weighted by molar-refractivity contribution is 5.84. The highest BCUT2D eigenvalue weighted by Crippen LogP contribution is 2.23. The van der Waals surface area contributed by atoms with Crippen molar-refractivity contribution < 1.29 is 9.53 Å². The minimum Gasteiger partial charge on any atom is -0.497 e. The fourth-order valence-corrected chi connectivity index (χ4v) is 2.80. The van der Waals surface area contributed by atoms with Crippen LogP contribution in [0.25, 0.3) is 10.9 Å². The molecule has 6 nitrogen and oxygen atoms in total. The van der Waals surface area contributed by atoms with Gasteiger partial charge in [0.2, 0.25) is 0 Å². The standard InChI is InChI=1S/C20H20N4O2/c1-26-17-5-6-19-18(10-17)16(13-23-19)7-8-22-20(25)24-12-15-4-2-3-14(9-15)11-21/h2-6,9-10,13,23H,7-8,12H2,1H3,(H2,22,24,25). The first-order valence-electron chi connectivity index (χ1n) is 8.34. The number of hydrogen-bond acceptors (Lipinski definition) is 3. The number of nitrogens with zero attached hydrogens (tertiary/aromatic N) is 1. The number of fused-ring (bicyclic) bond motifs is 1. The van der Waals surface area contributed by atoms with Crippen LogP contribution >= 0.6 is 0 Å². The molecule has 2 amide bonds. The Morgan fingerprint density at radius 3 is 2.92 bits per heavy atom. The fourth-order valence-electron chi connectivity index (χ4n) is 2.80. The molecular weight excluding hydrogens is 328 g/mol. The third-order valence-corrected chi connectivity index (χ3v) is 4.16. The second-order valence-corrected chi connectivity index (χ2v) is 5.90. The van der Waals surface area contributed by atoms with Gasteiger partial charge in [-0.25, -0.2) is 4.79 Å². The lowest BCUT2D eigenvalue weighted by molar-refractivity contribution is 0.240. The second-order valence-electron chi connectivity index (χ2n) is 5.90. The van der Waals surface area contributed by atoms with E-state index in [4.69, 9.17) is 10.00 Å². The minimum atomic E-state index is -0.232. The van der Waals surface area contributed by atoms with Gasteiger partial charge in [-0.1, -0.05) is 12.1 Å². The predicted octanol–water partition coefficient (Wildman–Crippen LogP) is 3.09. The van der Waals surface area contributed by atoms with Gasteiger partial charge in [-0.15, -0.1) is 0 Å². The van der Waals surface area contributed by atoms with Crippen molar-refractivity contribution in [2.45, 2.75) is 13.0 Å². The van der Waals surface area contributed by atoms with Gasteiger partial charge in [-0.05, 0) is 47.9 Å². The predicted molar refractivity (Wildman–Crippen MR) is 100.0 cm³/mol. The zero-order chi connectivity index (χ0) is 18.4. The van der Waals surface area contributed by atoms with Crippen LogP contribution in [-0.4, -0.2) is 24.7 Å². The summed E-state index contributed by atoms with van der Waals surface area (Å²) in [5.41, 5.74) is 3.64. The number of amides is 2. The molecule has 0 bridgehead atoms. The van der Waals surface area contributed by atoms with Gasteiger partial charge in [-0.2, -0.15) is 5.26 Å². The van der Waals surface area contributed by atoms with Gasteiger partial charge in [0.25, 0.3) is 0 Å². The molecule has 3 rings (SSSR count). The molecule has 6 heteroatoms.